The highest BCUT2D eigenvalue weighted by molar-refractivity contribution is 6.30. The molecule has 0 saturated carbocycles. The molecule has 1 amide bonds. The van der Waals surface area contributed by atoms with Crippen LogP contribution in [0.4, 0.5) is 0 Å². The molecule has 0 atom stereocenters. The second-order valence-electron chi connectivity index (χ2n) is 6.14. The minimum Gasteiger partial charge on any atom is -0.496 e. The Morgan fingerprint density at radius 1 is 1.38 bits per heavy atom. The summed E-state index contributed by atoms with van der Waals surface area (Å²) in [6, 6.07) is 5.11. The van der Waals surface area contributed by atoms with Crippen LogP contribution in [0.3, 0.4) is 0 Å². The zero-order chi connectivity index (χ0) is 18.0. The lowest BCUT2D eigenvalue weighted by Gasteiger charge is -2.28. The van der Waals surface area contributed by atoms with Gasteiger partial charge in [-0.05, 0) is 45.9 Å². The number of carbonyl (C=O) groups excluding carboxylic acids is 1. The fourth-order valence-corrected chi connectivity index (χ4v) is 2.86. The summed E-state index contributed by atoms with van der Waals surface area (Å²) >= 11 is 6.00. The molecule has 0 unspecified atom stereocenters. The highest BCUT2D eigenvalue weighted by atomic mass is 35.5. The normalized spacial score (nSPS) is 11.0. The number of benzene rings is 1. The second kappa shape index (κ2) is 7.26. The van der Waals surface area contributed by atoms with E-state index in [1.54, 1.807) is 18.2 Å². The van der Waals surface area contributed by atoms with E-state index in [2.05, 4.69) is 5.10 Å². The van der Waals surface area contributed by atoms with Gasteiger partial charge in [0.05, 0.1) is 18.4 Å². The zero-order valence-corrected chi connectivity index (χ0v) is 15.8. The van der Waals surface area contributed by atoms with Crippen molar-refractivity contribution in [3.63, 3.8) is 0 Å². The van der Waals surface area contributed by atoms with Gasteiger partial charge in [0.2, 0.25) is 0 Å². The number of halogens is 1. The van der Waals surface area contributed by atoms with Gasteiger partial charge in [-0.1, -0.05) is 11.6 Å². The van der Waals surface area contributed by atoms with E-state index < -0.39 is 0 Å². The summed E-state index contributed by atoms with van der Waals surface area (Å²) in [4.78, 5) is 14.9. The standard InChI is InChI=1S/C18H24ClN3O2/c1-11(2)22(10-16-12(3)20-21(5)13(16)4)18(23)15-8-7-14(19)9-17(15)24-6/h7-9,11H,10H2,1-6H3. The minimum absolute atomic E-state index is 0.0388. The molecule has 0 spiro atoms. The van der Waals surface area contributed by atoms with Crippen molar-refractivity contribution in [2.24, 2.45) is 7.05 Å². The van der Waals surface area contributed by atoms with Crippen LogP contribution in [0.5, 0.6) is 5.75 Å². The number of hydrogen-bond donors (Lipinski definition) is 0. The number of amides is 1. The predicted molar refractivity (Wildman–Crippen MR) is 95.7 cm³/mol. The summed E-state index contributed by atoms with van der Waals surface area (Å²) in [5, 5.41) is 4.98. The van der Waals surface area contributed by atoms with Crippen LogP contribution in [-0.2, 0) is 13.6 Å². The van der Waals surface area contributed by atoms with Crippen molar-refractivity contribution in [1.82, 2.24) is 14.7 Å². The van der Waals surface area contributed by atoms with E-state index in [0.29, 0.717) is 22.9 Å². The molecule has 0 saturated heterocycles. The highest BCUT2D eigenvalue weighted by Gasteiger charge is 2.24. The Hall–Kier alpha value is -2.01. The third kappa shape index (κ3) is 3.56. The zero-order valence-electron chi connectivity index (χ0n) is 15.1. The van der Waals surface area contributed by atoms with Gasteiger partial charge < -0.3 is 9.64 Å². The van der Waals surface area contributed by atoms with Crippen LogP contribution in [0.2, 0.25) is 5.02 Å². The van der Waals surface area contributed by atoms with E-state index in [-0.39, 0.29) is 11.9 Å². The third-order valence-corrected chi connectivity index (χ3v) is 4.50. The fraction of sp³-hybridized carbons (Fsp3) is 0.444. The quantitative estimate of drug-likeness (QED) is 0.826. The SMILES string of the molecule is COc1cc(Cl)ccc1C(=O)N(Cc1c(C)nn(C)c1C)C(C)C. The Balaban J connectivity index is 2.39. The molecule has 6 heteroatoms. The number of aryl methyl sites for hydroxylation is 2. The number of aromatic nitrogens is 2. The van der Waals surface area contributed by atoms with E-state index in [4.69, 9.17) is 16.3 Å². The van der Waals surface area contributed by atoms with Crippen molar-refractivity contribution in [3.05, 3.63) is 45.7 Å². The van der Waals surface area contributed by atoms with E-state index >= 15 is 0 Å². The average Bonchev–Trinajstić information content (AvgIpc) is 2.76. The summed E-state index contributed by atoms with van der Waals surface area (Å²) in [6.07, 6.45) is 0. The Labute approximate surface area is 148 Å². The summed E-state index contributed by atoms with van der Waals surface area (Å²) < 4.78 is 7.17. The molecule has 1 heterocycles. The van der Waals surface area contributed by atoms with Crippen LogP contribution >= 0.6 is 11.6 Å². The lowest BCUT2D eigenvalue weighted by molar-refractivity contribution is 0.0686. The first-order valence-corrected chi connectivity index (χ1v) is 8.27. The number of hydrogen-bond acceptors (Lipinski definition) is 3. The molecule has 2 rings (SSSR count). The molecule has 130 valence electrons. The summed E-state index contributed by atoms with van der Waals surface area (Å²) in [6.45, 7) is 8.49. The molecule has 0 fully saturated rings. The highest BCUT2D eigenvalue weighted by Crippen LogP contribution is 2.26. The van der Waals surface area contributed by atoms with Gasteiger partial charge in [0.25, 0.3) is 5.91 Å². The number of methoxy groups -OCH3 is 1. The minimum atomic E-state index is -0.0823. The van der Waals surface area contributed by atoms with E-state index in [0.717, 1.165) is 17.0 Å². The Morgan fingerprint density at radius 2 is 2.04 bits per heavy atom. The first-order valence-electron chi connectivity index (χ1n) is 7.89. The number of nitrogens with zero attached hydrogens (tertiary/aromatic N) is 3. The lowest BCUT2D eigenvalue weighted by atomic mass is 10.1. The van der Waals surface area contributed by atoms with Gasteiger partial charge in [0.15, 0.2) is 0 Å². The number of carbonyl (C=O) groups is 1. The monoisotopic (exact) mass is 349 g/mol. The van der Waals surface area contributed by atoms with E-state index in [1.165, 1.54) is 7.11 Å². The molecule has 5 nitrogen and oxygen atoms in total. The third-order valence-electron chi connectivity index (χ3n) is 4.27. The second-order valence-corrected chi connectivity index (χ2v) is 6.58. The first kappa shape index (κ1) is 18.3. The van der Waals surface area contributed by atoms with Crippen molar-refractivity contribution in [2.45, 2.75) is 40.3 Å². The fourth-order valence-electron chi connectivity index (χ4n) is 2.70. The molecule has 24 heavy (non-hydrogen) atoms. The van der Waals surface area contributed by atoms with Gasteiger partial charge in [0.1, 0.15) is 5.75 Å². The smallest absolute Gasteiger partial charge is 0.258 e. The van der Waals surface area contributed by atoms with Crippen LogP contribution < -0.4 is 4.74 Å². The molecule has 0 aliphatic carbocycles. The van der Waals surface area contributed by atoms with Gasteiger partial charge in [-0.15, -0.1) is 0 Å². The number of rotatable bonds is 5. The van der Waals surface area contributed by atoms with Crippen molar-refractivity contribution in [2.75, 3.05) is 7.11 Å². The van der Waals surface area contributed by atoms with Crippen LogP contribution in [0.15, 0.2) is 18.2 Å². The number of ether oxygens (including phenoxy) is 1. The molecule has 0 bridgehead atoms. The van der Waals surface area contributed by atoms with Crippen LogP contribution in [0, 0.1) is 13.8 Å². The van der Waals surface area contributed by atoms with Crippen molar-refractivity contribution in [3.8, 4) is 5.75 Å². The topological polar surface area (TPSA) is 47.4 Å². The van der Waals surface area contributed by atoms with E-state index in [9.17, 15) is 4.79 Å². The summed E-state index contributed by atoms with van der Waals surface area (Å²) in [5.74, 6) is 0.402. The van der Waals surface area contributed by atoms with Crippen LogP contribution in [0.25, 0.3) is 0 Å². The van der Waals surface area contributed by atoms with Gasteiger partial charge in [-0.25, -0.2) is 0 Å². The van der Waals surface area contributed by atoms with Crippen molar-refractivity contribution >= 4 is 17.5 Å². The van der Waals surface area contributed by atoms with Crippen LogP contribution in [0.1, 0.15) is 41.2 Å². The maximum Gasteiger partial charge on any atom is 0.258 e. The summed E-state index contributed by atoms with van der Waals surface area (Å²) in [5.41, 5.74) is 3.59. The predicted octanol–water partition coefficient (Wildman–Crippen LogP) is 3.75. The maximum absolute atomic E-state index is 13.1. The molecule has 1 aromatic carbocycles. The Kier molecular flexibility index (Phi) is 5.54. The van der Waals surface area contributed by atoms with Gasteiger partial charge >= 0.3 is 0 Å². The molecule has 0 aliphatic rings. The largest absolute Gasteiger partial charge is 0.496 e. The van der Waals surface area contributed by atoms with Crippen LogP contribution in [-0.4, -0.2) is 33.7 Å². The Morgan fingerprint density at radius 3 is 2.54 bits per heavy atom. The van der Waals surface area contributed by atoms with Crippen molar-refractivity contribution in [1.29, 1.82) is 0 Å². The lowest BCUT2D eigenvalue weighted by Crippen LogP contribution is -2.37. The van der Waals surface area contributed by atoms with Crippen molar-refractivity contribution < 1.29 is 9.53 Å². The first-order chi connectivity index (χ1) is 11.3. The molecule has 0 radical (unpaired) electrons. The summed E-state index contributed by atoms with van der Waals surface area (Å²) in [7, 11) is 3.45. The average molecular weight is 350 g/mol. The molecular weight excluding hydrogens is 326 g/mol. The van der Waals surface area contributed by atoms with Gasteiger partial charge in [0, 0.05) is 35.9 Å². The Bertz CT molecular complexity index is 753. The molecule has 2 aromatic rings. The molecule has 0 aliphatic heterocycles. The molecular formula is C18H24ClN3O2. The van der Waals surface area contributed by atoms with Gasteiger partial charge in [-0.3, -0.25) is 9.48 Å². The molecule has 0 N–H and O–H groups in total. The van der Waals surface area contributed by atoms with Gasteiger partial charge in [-0.2, -0.15) is 5.10 Å². The molecule has 1 aromatic heterocycles. The maximum atomic E-state index is 13.1. The van der Waals surface area contributed by atoms with E-state index in [1.807, 2.05) is 44.3 Å².